The van der Waals surface area contributed by atoms with Crippen LogP contribution in [0.5, 0.6) is 11.5 Å². The molecule has 2 N–H and O–H groups in total. The zero-order valence-corrected chi connectivity index (χ0v) is 20.1. The first-order chi connectivity index (χ1) is 13.2. The quantitative estimate of drug-likeness (QED) is 0.233. The number of methoxy groups -OCH3 is 2. The Morgan fingerprint density at radius 3 is 2.68 bits per heavy atom. The highest BCUT2D eigenvalue weighted by Crippen LogP contribution is 2.24. The Bertz CT molecular complexity index is 598. The van der Waals surface area contributed by atoms with Crippen molar-refractivity contribution in [3.8, 4) is 11.5 Å². The molecule has 2 rings (SSSR count). The average molecular weight is 504 g/mol. The summed E-state index contributed by atoms with van der Waals surface area (Å²) >= 11 is 0. The molecule has 1 aromatic rings. The number of hydrogen-bond acceptors (Lipinski definition) is 4. The van der Waals surface area contributed by atoms with E-state index in [2.05, 4.69) is 27.4 Å². The molecule has 1 aromatic carbocycles. The Morgan fingerprint density at radius 1 is 1.18 bits per heavy atom. The number of hydrogen-bond donors (Lipinski definition) is 2. The minimum atomic E-state index is 0. The van der Waals surface area contributed by atoms with Crippen LogP contribution in [0.4, 0.5) is 0 Å². The molecule has 0 aromatic heterocycles. The van der Waals surface area contributed by atoms with E-state index in [9.17, 15) is 0 Å². The van der Waals surface area contributed by atoms with Gasteiger partial charge in [-0.3, -0.25) is 4.99 Å². The molecular weight excluding hydrogens is 467 g/mol. The molecule has 1 saturated heterocycles. The normalized spacial score (nSPS) is 17.6. The Balaban J connectivity index is 0.00000392. The van der Waals surface area contributed by atoms with Crippen LogP contribution >= 0.6 is 24.0 Å². The highest BCUT2D eigenvalue weighted by Gasteiger charge is 2.17. The van der Waals surface area contributed by atoms with Gasteiger partial charge in [0.05, 0.1) is 14.2 Å². The van der Waals surface area contributed by atoms with Crippen LogP contribution in [0.3, 0.4) is 0 Å². The first-order valence-corrected chi connectivity index (χ1v) is 10.1. The largest absolute Gasteiger partial charge is 0.497 e. The van der Waals surface area contributed by atoms with Crippen LogP contribution in [0.1, 0.15) is 44.6 Å². The summed E-state index contributed by atoms with van der Waals surface area (Å²) < 4.78 is 10.7. The van der Waals surface area contributed by atoms with Crippen LogP contribution in [0.15, 0.2) is 23.2 Å². The second kappa shape index (κ2) is 13.9. The minimum absolute atomic E-state index is 0. The molecule has 0 bridgehead atoms. The Hall–Kier alpha value is -1.22. The summed E-state index contributed by atoms with van der Waals surface area (Å²) in [7, 11) is 5.13. The molecule has 1 aliphatic heterocycles. The molecular formula is C21H37IN4O2. The summed E-state index contributed by atoms with van der Waals surface area (Å²) in [5, 5.41) is 6.76. The van der Waals surface area contributed by atoms with E-state index in [1.807, 2.05) is 18.2 Å². The summed E-state index contributed by atoms with van der Waals surface area (Å²) in [5.41, 5.74) is 1.07. The number of nitrogens with zero attached hydrogens (tertiary/aromatic N) is 2. The number of halogens is 1. The van der Waals surface area contributed by atoms with E-state index in [0.717, 1.165) is 42.0 Å². The molecule has 0 radical (unpaired) electrons. The maximum atomic E-state index is 5.45. The molecule has 6 nitrogen and oxygen atoms in total. The van der Waals surface area contributed by atoms with Crippen LogP contribution in [0.2, 0.25) is 0 Å². The summed E-state index contributed by atoms with van der Waals surface area (Å²) in [6, 6.07) is 6.60. The molecule has 160 valence electrons. The smallest absolute Gasteiger partial charge is 0.191 e. The summed E-state index contributed by atoms with van der Waals surface area (Å²) in [5.74, 6) is 2.42. The van der Waals surface area contributed by atoms with Crippen LogP contribution in [-0.4, -0.2) is 57.8 Å². The molecule has 0 aliphatic carbocycles. The van der Waals surface area contributed by atoms with E-state index in [4.69, 9.17) is 9.47 Å². The monoisotopic (exact) mass is 504 g/mol. The van der Waals surface area contributed by atoms with E-state index in [1.165, 1.54) is 38.8 Å². The van der Waals surface area contributed by atoms with E-state index in [0.29, 0.717) is 6.54 Å². The average Bonchev–Trinajstić information content (AvgIpc) is 2.71. The molecule has 1 aliphatic rings. The second-order valence-electron chi connectivity index (χ2n) is 7.12. The first kappa shape index (κ1) is 24.8. The lowest BCUT2D eigenvalue weighted by atomic mass is 10.0. The van der Waals surface area contributed by atoms with Gasteiger partial charge in [-0.2, -0.15) is 0 Å². The molecule has 0 amide bonds. The third-order valence-corrected chi connectivity index (χ3v) is 5.27. The predicted octanol–water partition coefficient (Wildman–Crippen LogP) is 3.64. The first-order valence-electron chi connectivity index (χ1n) is 10.1. The van der Waals surface area contributed by atoms with Gasteiger partial charge in [-0.05, 0) is 57.8 Å². The van der Waals surface area contributed by atoms with E-state index in [1.54, 1.807) is 21.3 Å². The fraction of sp³-hybridized carbons (Fsp3) is 0.667. The lowest BCUT2D eigenvalue weighted by Gasteiger charge is -2.33. The number of rotatable bonds is 9. The van der Waals surface area contributed by atoms with Gasteiger partial charge in [-0.15, -0.1) is 24.0 Å². The molecule has 0 spiro atoms. The van der Waals surface area contributed by atoms with Gasteiger partial charge < -0.3 is 25.0 Å². The number of ether oxygens (including phenoxy) is 2. The molecule has 7 heteroatoms. The van der Waals surface area contributed by atoms with Crippen molar-refractivity contribution in [2.45, 2.75) is 51.6 Å². The summed E-state index contributed by atoms with van der Waals surface area (Å²) in [6.45, 7) is 6.41. The molecule has 28 heavy (non-hydrogen) atoms. The summed E-state index contributed by atoms with van der Waals surface area (Å²) in [4.78, 5) is 6.94. The summed E-state index contributed by atoms with van der Waals surface area (Å²) in [6.07, 6.45) is 6.47. The van der Waals surface area contributed by atoms with Gasteiger partial charge in [-0.25, -0.2) is 0 Å². The van der Waals surface area contributed by atoms with Gasteiger partial charge in [0.25, 0.3) is 0 Å². The van der Waals surface area contributed by atoms with Crippen LogP contribution in [0, 0.1) is 0 Å². The van der Waals surface area contributed by atoms with E-state index >= 15 is 0 Å². The molecule has 1 atom stereocenters. The Kier molecular flexibility index (Phi) is 12.3. The number of guanidine groups is 1. The topological polar surface area (TPSA) is 58.1 Å². The highest BCUT2D eigenvalue weighted by atomic mass is 127. The predicted molar refractivity (Wildman–Crippen MR) is 127 cm³/mol. The van der Waals surface area contributed by atoms with Crippen molar-refractivity contribution in [1.29, 1.82) is 0 Å². The van der Waals surface area contributed by atoms with Crippen molar-refractivity contribution in [2.24, 2.45) is 4.99 Å². The number of aliphatic imine (C=N–C) groups is 1. The maximum Gasteiger partial charge on any atom is 0.191 e. The van der Waals surface area contributed by atoms with Crippen molar-refractivity contribution in [1.82, 2.24) is 15.5 Å². The minimum Gasteiger partial charge on any atom is -0.497 e. The standard InChI is InChI=1S/C21H36N4O2.HI/c1-17-9-5-7-13-25(17)14-8-6-12-23-21(22-2)24-16-18-10-11-19(26-3)15-20(18)27-4;/h10-11,15,17H,5-9,12-14,16H2,1-4H3,(H2,22,23,24);1H. The number of benzene rings is 1. The number of unbranched alkanes of at least 4 members (excludes halogenated alkanes) is 1. The van der Waals surface area contributed by atoms with E-state index in [-0.39, 0.29) is 24.0 Å². The fourth-order valence-corrected chi connectivity index (χ4v) is 3.53. The molecule has 1 heterocycles. The van der Waals surface area contributed by atoms with Crippen LogP contribution in [-0.2, 0) is 6.54 Å². The van der Waals surface area contributed by atoms with Crippen molar-refractivity contribution in [3.63, 3.8) is 0 Å². The third kappa shape index (κ3) is 8.03. The zero-order chi connectivity index (χ0) is 19.5. The lowest BCUT2D eigenvalue weighted by Crippen LogP contribution is -2.39. The fourth-order valence-electron chi connectivity index (χ4n) is 3.53. The number of nitrogens with one attached hydrogen (secondary N) is 2. The zero-order valence-electron chi connectivity index (χ0n) is 17.8. The van der Waals surface area contributed by atoms with Crippen molar-refractivity contribution >= 4 is 29.9 Å². The van der Waals surface area contributed by atoms with Gasteiger partial charge in [0, 0.05) is 37.8 Å². The third-order valence-electron chi connectivity index (χ3n) is 5.27. The number of likely N-dealkylation sites (tertiary alicyclic amines) is 1. The van der Waals surface area contributed by atoms with Gasteiger partial charge in [0.2, 0.25) is 0 Å². The van der Waals surface area contributed by atoms with Gasteiger partial charge in [0.1, 0.15) is 11.5 Å². The van der Waals surface area contributed by atoms with Crippen LogP contribution < -0.4 is 20.1 Å². The molecule has 1 fully saturated rings. The van der Waals surface area contributed by atoms with Crippen molar-refractivity contribution in [3.05, 3.63) is 23.8 Å². The van der Waals surface area contributed by atoms with E-state index < -0.39 is 0 Å². The van der Waals surface area contributed by atoms with Gasteiger partial charge in [-0.1, -0.05) is 6.42 Å². The SMILES string of the molecule is CN=C(NCCCCN1CCCCC1C)NCc1ccc(OC)cc1OC.I. The second-order valence-corrected chi connectivity index (χ2v) is 7.12. The lowest BCUT2D eigenvalue weighted by molar-refractivity contribution is 0.158. The molecule has 0 saturated carbocycles. The van der Waals surface area contributed by atoms with Gasteiger partial charge in [0.15, 0.2) is 5.96 Å². The van der Waals surface area contributed by atoms with Gasteiger partial charge >= 0.3 is 0 Å². The van der Waals surface area contributed by atoms with Crippen molar-refractivity contribution in [2.75, 3.05) is 40.9 Å². The Labute approximate surface area is 187 Å². The maximum absolute atomic E-state index is 5.45. The highest BCUT2D eigenvalue weighted by molar-refractivity contribution is 14.0. The van der Waals surface area contributed by atoms with Crippen LogP contribution in [0.25, 0.3) is 0 Å². The number of piperidine rings is 1. The van der Waals surface area contributed by atoms with Crippen molar-refractivity contribution < 1.29 is 9.47 Å². The Morgan fingerprint density at radius 2 is 2.00 bits per heavy atom. The molecule has 1 unspecified atom stereocenters.